The van der Waals surface area contributed by atoms with Gasteiger partial charge in [-0.2, -0.15) is 5.10 Å². The zero-order valence-electron chi connectivity index (χ0n) is 16.8. The highest BCUT2D eigenvalue weighted by molar-refractivity contribution is 6.05. The molecule has 156 valence electrons. The predicted molar refractivity (Wildman–Crippen MR) is 115 cm³/mol. The van der Waals surface area contributed by atoms with Crippen molar-refractivity contribution in [3.63, 3.8) is 0 Å². The van der Waals surface area contributed by atoms with E-state index in [-0.39, 0.29) is 18.1 Å². The number of methoxy groups -OCH3 is 1. The smallest absolute Gasteiger partial charge is 0.280 e. The lowest BCUT2D eigenvalue weighted by Crippen LogP contribution is -2.15. The number of hydrogen-bond donors (Lipinski definition) is 1. The van der Waals surface area contributed by atoms with Crippen LogP contribution in [0.2, 0.25) is 0 Å². The molecule has 3 aromatic carbocycles. The number of amides is 1. The van der Waals surface area contributed by atoms with Crippen LogP contribution < -0.4 is 14.8 Å². The highest BCUT2D eigenvalue weighted by Crippen LogP contribution is 2.26. The minimum absolute atomic E-state index is 0.103. The van der Waals surface area contributed by atoms with Crippen molar-refractivity contribution < 1.29 is 18.7 Å². The van der Waals surface area contributed by atoms with Crippen molar-refractivity contribution in [2.45, 2.75) is 6.61 Å². The zero-order valence-corrected chi connectivity index (χ0v) is 16.8. The van der Waals surface area contributed by atoms with Crippen molar-refractivity contribution in [1.82, 2.24) is 9.78 Å². The van der Waals surface area contributed by atoms with Gasteiger partial charge in [0.2, 0.25) is 0 Å². The Morgan fingerprint density at radius 1 is 0.968 bits per heavy atom. The van der Waals surface area contributed by atoms with Crippen LogP contribution in [0.1, 0.15) is 16.1 Å². The number of benzene rings is 3. The van der Waals surface area contributed by atoms with E-state index >= 15 is 0 Å². The highest BCUT2D eigenvalue weighted by atomic mass is 19.1. The predicted octanol–water partition coefficient (Wildman–Crippen LogP) is 4.85. The molecule has 31 heavy (non-hydrogen) atoms. The molecular formula is C24H20FN3O3. The standard InChI is InChI=1S/C24H20FN3O3/c1-30-21-10-6-5-9-20(21)26-24(29)23-22(31-16-17-7-3-2-4-8-17)15-28(27-23)19-13-11-18(25)12-14-19/h2-15H,16H2,1H3,(H,26,29). The molecule has 7 heteroatoms. The summed E-state index contributed by atoms with van der Waals surface area (Å²) >= 11 is 0. The highest BCUT2D eigenvalue weighted by Gasteiger charge is 2.20. The second-order valence-electron chi connectivity index (χ2n) is 6.69. The van der Waals surface area contributed by atoms with E-state index in [9.17, 15) is 9.18 Å². The molecule has 1 heterocycles. The van der Waals surface area contributed by atoms with Crippen molar-refractivity contribution >= 4 is 11.6 Å². The van der Waals surface area contributed by atoms with Gasteiger partial charge in [0.05, 0.1) is 24.7 Å². The third-order valence-corrected chi connectivity index (χ3v) is 4.58. The molecule has 1 amide bonds. The molecule has 4 rings (SSSR count). The second-order valence-corrected chi connectivity index (χ2v) is 6.69. The average Bonchev–Trinajstić information content (AvgIpc) is 3.23. The first-order chi connectivity index (χ1) is 15.1. The number of carbonyl (C=O) groups excluding carboxylic acids is 1. The lowest BCUT2D eigenvalue weighted by molar-refractivity contribution is 0.101. The molecule has 0 unspecified atom stereocenters. The monoisotopic (exact) mass is 417 g/mol. The number of hydrogen-bond acceptors (Lipinski definition) is 4. The van der Waals surface area contributed by atoms with Gasteiger partial charge in [0.1, 0.15) is 18.2 Å². The molecule has 0 radical (unpaired) electrons. The molecule has 4 aromatic rings. The molecule has 0 saturated carbocycles. The third kappa shape index (κ3) is 4.72. The number of nitrogens with one attached hydrogen (secondary N) is 1. The lowest BCUT2D eigenvalue weighted by Gasteiger charge is -2.10. The summed E-state index contributed by atoms with van der Waals surface area (Å²) in [6.45, 7) is 0.269. The Hall–Kier alpha value is -4.13. The molecule has 1 aromatic heterocycles. The fourth-order valence-corrected chi connectivity index (χ4v) is 3.01. The molecule has 6 nitrogen and oxygen atoms in total. The van der Waals surface area contributed by atoms with Crippen LogP contribution in [0.5, 0.6) is 11.5 Å². The van der Waals surface area contributed by atoms with Gasteiger partial charge in [-0.05, 0) is 42.0 Å². The van der Waals surface area contributed by atoms with E-state index in [1.54, 1.807) is 36.5 Å². The number of aromatic nitrogens is 2. The summed E-state index contributed by atoms with van der Waals surface area (Å²) in [6.07, 6.45) is 1.60. The van der Waals surface area contributed by atoms with Crippen LogP contribution >= 0.6 is 0 Å². The SMILES string of the molecule is COc1ccccc1NC(=O)c1nn(-c2ccc(F)cc2)cc1OCc1ccccc1. The average molecular weight is 417 g/mol. The summed E-state index contributed by atoms with van der Waals surface area (Å²) in [6, 6.07) is 22.5. The first-order valence-electron chi connectivity index (χ1n) is 9.61. The largest absolute Gasteiger partial charge is 0.495 e. The summed E-state index contributed by atoms with van der Waals surface area (Å²) in [7, 11) is 1.53. The van der Waals surface area contributed by atoms with E-state index in [4.69, 9.17) is 9.47 Å². The Morgan fingerprint density at radius 2 is 1.68 bits per heavy atom. The van der Waals surface area contributed by atoms with E-state index in [1.165, 1.54) is 23.9 Å². The third-order valence-electron chi connectivity index (χ3n) is 4.58. The Bertz CT molecular complexity index is 1170. The van der Waals surface area contributed by atoms with Gasteiger partial charge in [-0.3, -0.25) is 4.79 Å². The molecule has 0 bridgehead atoms. The van der Waals surface area contributed by atoms with Crippen molar-refractivity contribution in [2.75, 3.05) is 12.4 Å². The van der Waals surface area contributed by atoms with Crippen LogP contribution in [-0.2, 0) is 6.61 Å². The maximum absolute atomic E-state index is 13.3. The van der Waals surface area contributed by atoms with Crippen LogP contribution in [-0.4, -0.2) is 22.8 Å². The van der Waals surface area contributed by atoms with Gasteiger partial charge >= 0.3 is 0 Å². The molecule has 0 spiro atoms. The Morgan fingerprint density at radius 3 is 2.42 bits per heavy atom. The van der Waals surface area contributed by atoms with Gasteiger partial charge in [0, 0.05) is 0 Å². The van der Waals surface area contributed by atoms with E-state index < -0.39 is 5.91 Å². The minimum Gasteiger partial charge on any atom is -0.495 e. The van der Waals surface area contributed by atoms with Crippen molar-refractivity contribution in [3.8, 4) is 17.2 Å². The van der Waals surface area contributed by atoms with Gasteiger partial charge in [0.25, 0.3) is 5.91 Å². The van der Waals surface area contributed by atoms with E-state index in [0.29, 0.717) is 22.9 Å². The maximum atomic E-state index is 13.3. The van der Waals surface area contributed by atoms with Gasteiger partial charge in [-0.15, -0.1) is 0 Å². The molecule has 0 aliphatic carbocycles. The maximum Gasteiger partial charge on any atom is 0.280 e. The van der Waals surface area contributed by atoms with Crippen molar-refractivity contribution in [2.24, 2.45) is 0 Å². The van der Waals surface area contributed by atoms with Crippen LogP contribution in [0.25, 0.3) is 5.69 Å². The number of nitrogens with zero attached hydrogens (tertiary/aromatic N) is 2. The van der Waals surface area contributed by atoms with Gasteiger partial charge in [0.15, 0.2) is 11.4 Å². The van der Waals surface area contributed by atoms with Gasteiger partial charge in [-0.25, -0.2) is 9.07 Å². The molecule has 0 aliphatic heterocycles. The molecular weight excluding hydrogens is 397 g/mol. The Kier molecular flexibility index (Phi) is 5.93. The lowest BCUT2D eigenvalue weighted by atomic mass is 10.2. The molecule has 0 saturated heterocycles. The van der Waals surface area contributed by atoms with Gasteiger partial charge in [-0.1, -0.05) is 42.5 Å². The number of rotatable bonds is 7. The molecule has 1 N–H and O–H groups in total. The zero-order chi connectivity index (χ0) is 21.6. The molecule has 0 atom stereocenters. The van der Waals surface area contributed by atoms with Crippen LogP contribution in [0, 0.1) is 5.82 Å². The Labute approximate surface area is 178 Å². The first-order valence-corrected chi connectivity index (χ1v) is 9.61. The van der Waals surface area contributed by atoms with E-state index in [0.717, 1.165) is 5.56 Å². The van der Waals surface area contributed by atoms with Crippen LogP contribution in [0.4, 0.5) is 10.1 Å². The number of carbonyl (C=O) groups is 1. The summed E-state index contributed by atoms with van der Waals surface area (Å²) in [5, 5.41) is 7.20. The summed E-state index contributed by atoms with van der Waals surface area (Å²) < 4.78 is 26.0. The minimum atomic E-state index is -0.451. The first kappa shape index (κ1) is 20.2. The quantitative estimate of drug-likeness (QED) is 0.467. The van der Waals surface area contributed by atoms with Crippen molar-refractivity contribution in [1.29, 1.82) is 0 Å². The summed E-state index contributed by atoms with van der Waals surface area (Å²) in [5.41, 5.74) is 2.17. The number of anilines is 1. The Balaban J connectivity index is 1.64. The molecule has 0 fully saturated rings. The van der Waals surface area contributed by atoms with Crippen LogP contribution in [0.3, 0.4) is 0 Å². The fourth-order valence-electron chi connectivity index (χ4n) is 3.01. The summed E-state index contributed by atoms with van der Waals surface area (Å²) in [4.78, 5) is 13.0. The number of halogens is 1. The normalized spacial score (nSPS) is 10.5. The number of ether oxygens (including phenoxy) is 2. The molecule has 0 aliphatic rings. The van der Waals surface area contributed by atoms with Gasteiger partial charge < -0.3 is 14.8 Å². The number of para-hydroxylation sites is 2. The fraction of sp³-hybridized carbons (Fsp3) is 0.0833. The second kappa shape index (κ2) is 9.13. The van der Waals surface area contributed by atoms with E-state index in [1.807, 2.05) is 36.4 Å². The van der Waals surface area contributed by atoms with Crippen LogP contribution in [0.15, 0.2) is 85.1 Å². The topological polar surface area (TPSA) is 65.4 Å². The van der Waals surface area contributed by atoms with E-state index in [2.05, 4.69) is 10.4 Å². The summed E-state index contributed by atoms with van der Waals surface area (Å²) in [5.74, 6) is 0.0279. The van der Waals surface area contributed by atoms with Crippen molar-refractivity contribution in [3.05, 3.63) is 102 Å².